The molecule has 0 saturated carbocycles. The SMILES string of the molecule is CN=C(NCCc1cccc(C(=O)N(C)C)c1)NCCS(=O)Cc1ccccc1. The average Bonchev–Trinajstić information content (AvgIpc) is 2.73. The fourth-order valence-electron chi connectivity index (χ4n) is 2.78. The Labute approximate surface area is 175 Å². The number of rotatable bonds is 9. The Kier molecular flexibility index (Phi) is 9.37. The third-order valence-corrected chi connectivity index (χ3v) is 5.62. The molecule has 1 atom stereocenters. The van der Waals surface area contributed by atoms with Crippen molar-refractivity contribution in [2.24, 2.45) is 4.99 Å². The molecule has 2 N–H and O–H groups in total. The van der Waals surface area contributed by atoms with E-state index >= 15 is 0 Å². The first-order chi connectivity index (χ1) is 14.0. The highest BCUT2D eigenvalue weighted by atomic mass is 32.2. The molecule has 0 aliphatic heterocycles. The molecule has 2 aromatic carbocycles. The summed E-state index contributed by atoms with van der Waals surface area (Å²) in [4.78, 5) is 17.8. The first-order valence-electron chi connectivity index (χ1n) is 9.63. The van der Waals surface area contributed by atoms with Crippen LogP contribution in [0.2, 0.25) is 0 Å². The summed E-state index contributed by atoms with van der Waals surface area (Å²) in [6.45, 7) is 1.28. The van der Waals surface area contributed by atoms with E-state index in [9.17, 15) is 9.00 Å². The Morgan fingerprint density at radius 1 is 1.00 bits per heavy atom. The summed E-state index contributed by atoms with van der Waals surface area (Å²) in [6, 6.07) is 17.5. The number of hydrogen-bond acceptors (Lipinski definition) is 3. The monoisotopic (exact) mass is 414 g/mol. The number of amides is 1. The lowest BCUT2D eigenvalue weighted by molar-refractivity contribution is 0.0827. The van der Waals surface area contributed by atoms with Crippen LogP contribution in [0, 0.1) is 0 Å². The molecule has 0 aliphatic rings. The normalized spacial score (nSPS) is 12.3. The van der Waals surface area contributed by atoms with Crippen LogP contribution in [0.15, 0.2) is 59.6 Å². The minimum absolute atomic E-state index is 0.000730. The molecule has 0 heterocycles. The van der Waals surface area contributed by atoms with Gasteiger partial charge >= 0.3 is 0 Å². The topological polar surface area (TPSA) is 73.8 Å². The van der Waals surface area contributed by atoms with E-state index < -0.39 is 10.8 Å². The number of benzene rings is 2. The quantitative estimate of drug-likeness (QED) is 0.487. The van der Waals surface area contributed by atoms with Crippen LogP contribution in [-0.2, 0) is 23.0 Å². The number of nitrogens with one attached hydrogen (secondary N) is 2. The van der Waals surface area contributed by atoms with E-state index in [4.69, 9.17) is 0 Å². The molecule has 2 rings (SSSR count). The Balaban J connectivity index is 1.72. The summed E-state index contributed by atoms with van der Waals surface area (Å²) in [5, 5.41) is 6.46. The third-order valence-electron chi connectivity index (χ3n) is 4.30. The zero-order valence-electron chi connectivity index (χ0n) is 17.4. The van der Waals surface area contributed by atoms with E-state index in [-0.39, 0.29) is 5.91 Å². The first kappa shape index (κ1) is 22.6. The molecule has 0 radical (unpaired) electrons. The summed E-state index contributed by atoms with van der Waals surface area (Å²) < 4.78 is 12.2. The van der Waals surface area contributed by atoms with Crippen molar-refractivity contribution >= 4 is 22.7 Å². The van der Waals surface area contributed by atoms with Crippen molar-refractivity contribution < 1.29 is 9.00 Å². The third kappa shape index (κ3) is 8.07. The van der Waals surface area contributed by atoms with Crippen molar-refractivity contribution in [3.8, 4) is 0 Å². The summed E-state index contributed by atoms with van der Waals surface area (Å²) in [5.41, 5.74) is 2.86. The number of carbonyl (C=O) groups is 1. The van der Waals surface area contributed by atoms with Gasteiger partial charge in [0.2, 0.25) is 0 Å². The van der Waals surface area contributed by atoms with Crippen molar-refractivity contribution in [1.82, 2.24) is 15.5 Å². The maximum Gasteiger partial charge on any atom is 0.253 e. The largest absolute Gasteiger partial charge is 0.356 e. The summed E-state index contributed by atoms with van der Waals surface area (Å²) in [6.07, 6.45) is 0.773. The van der Waals surface area contributed by atoms with Crippen molar-refractivity contribution in [2.75, 3.05) is 40.0 Å². The van der Waals surface area contributed by atoms with Gasteiger partial charge in [-0.15, -0.1) is 0 Å². The van der Waals surface area contributed by atoms with E-state index in [0.717, 1.165) is 17.5 Å². The minimum Gasteiger partial charge on any atom is -0.356 e. The lowest BCUT2D eigenvalue weighted by Crippen LogP contribution is -2.40. The molecule has 29 heavy (non-hydrogen) atoms. The predicted molar refractivity (Wildman–Crippen MR) is 121 cm³/mol. The highest BCUT2D eigenvalue weighted by Crippen LogP contribution is 2.08. The second kappa shape index (κ2) is 12.0. The van der Waals surface area contributed by atoms with Gasteiger partial charge in [0.05, 0.1) is 0 Å². The summed E-state index contributed by atoms with van der Waals surface area (Å²) in [5.74, 6) is 1.81. The molecule has 6 nitrogen and oxygen atoms in total. The van der Waals surface area contributed by atoms with Gasteiger partial charge in [-0.25, -0.2) is 0 Å². The van der Waals surface area contributed by atoms with Gasteiger partial charge in [0.1, 0.15) is 0 Å². The molecule has 0 saturated heterocycles. The molecular formula is C22H30N4O2S. The van der Waals surface area contributed by atoms with Crippen LogP contribution in [0.1, 0.15) is 21.5 Å². The molecule has 0 fully saturated rings. The summed E-state index contributed by atoms with van der Waals surface area (Å²) in [7, 11) is 4.30. The molecule has 0 bridgehead atoms. The Bertz CT molecular complexity index is 838. The molecule has 7 heteroatoms. The van der Waals surface area contributed by atoms with E-state index in [1.54, 1.807) is 26.0 Å². The maximum atomic E-state index is 12.2. The second-order valence-corrected chi connectivity index (χ2v) is 8.43. The van der Waals surface area contributed by atoms with Crippen molar-refractivity contribution in [2.45, 2.75) is 12.2 Å². The highest BCUT2D eigenvalue weighted by Gasteiger charge is 2.08. The Morgan fingerprint density at radius 3 is 2.38 bits per heavy atom. The Morgan fingerprint density at radius 2 is 1.69 bits per heavy atom. The second-order valence-electron chi connectivity index (χ2n) is 6.85. The zero-order chi connectivity index (χ0) is 21.1. The molecule has 1 amide bonds. The van der Waals surface area contributed by atoms with Gasteiger partial charge in [0.25, 0.3) is 5.91 Å². The van der Waals surface area contributed by atoms with Crippen LogP contribution in [0.4, 0.5) is 0 Å². The molecule has 2 aromatic rings. The van der Waals surface area contributed by atoms with Crippen molar-refractivity contribution in [1.29, 1.82) is 0 Å². The van der Waals surface area contributed by atoms with Crippen LogP contribution >= 0.6 is 0 Å². The molecule has 156 valence electrons. The van der Waals surface area contributed by atoms with Crippen LogP contribution in [-0.4, -0.2) is 61.0 Å². The average molecular weight is 415 g/mol. The number of carbonyl (C=O) groups excluding carboxylic acids is 1. The van der Waals surface area contributed by atoms with Gasteiger partial charge in [-0.3, -0.25) is 14.0 Å². The van der Waals surface area contributed by atoms with E-state index in [2.05, 4.69) is 15.6 Å². The fraction of sp³-hybridized carbons (Fsp3) is 0.364. The molecule has 0 aliphatic carbocycles. The molecule has 1 unspecified atom stereocenters. The van der Waals surface area contributed by atoms with Crippen LogP contribution in [0.3, 0.4) is 0 Å². The predicted octanol–water partition coefficient (Wildman–Crippen LogP) is 2.04. The lowest BCUT2D eigenvalue weighted by Gasteiger charge is -2.13. The minimum atomic E-state index is -0.917. The molecular weight excluding hydrogens is 384 g/mol. The maximum absolute atomic E-state index is 12.2. The zero-order valence-corrected chi connectivity index (χ0v) is 18.2. The first-order valence-corrected chi connectivity index (χ1v) is 11.1. The van der Waals surface area contributed by atoms with E-state index in [1.165, 1.54) is 0 Å². The van der Waals surface area contributed by atoms with E-state index in [1.807, 2.05) is 54.6 Å². The van der Waals surface area contributed by atoms with Gasteiger partial charge < -0.3 is 15.5 Å². The van der Waals surface area contributed by atoms with Crippen LogP contribution in [0.25, 0.3) is 0 Å². The standard InChI is InChI=1S/C22H30N4O2S/c1-23-22(25-14-15-29(28)17-19-8-5-4-6-9-19)24-13-12-18-10-7-11-20(16-18)21(27)26(2)3/h4-11,16H,12-15,17H2,1-3H3,(H2,23,24,25). The van der Waals surface area contributed by atoms with Gasteiger partial charge in [-0.2, -0.15) is 0 Å². The highest BCUT2D eigenvalue weighted by molar-refractivity contribution is 7.84. The molecule has 0 spiro atoms. The van der Waals surface area contributed by atoms with Crippen molar-refractivity contribution in [3.05, 3.63) is 71.3 Å². The molecule has 0 aromatic heterocycles. The van der Waals surface area contributed by atoms with Crippen LogP contribution < -0.4 is 10.6 Å². The lowest BCUT2D eigenvalue weighted by atomic mass is 10.1. The van der Waals surface area contributed by atoms with Crippen molar-refractivity contribution in [3.63, 3.8) is 0 Å². The van der Waals surface area contributed by atoms with E-state index in [0.29, 0.717) is 36.1 Å². The van der Waals surface area contributed by atoms with Gasteiger partial charge in [0.15, 0.2) is 5.96 Å². The van der Waals surface area contributed by atoms with Gasteiger partial charge in [-0.1, -0.05) is 42.5 Å². The smallest absolute Gasteiger partial charge is 0.253 e. The van der Waals surface area contributed by atoms with Gasteiger partial charge in [0, 0.05) is 62.1 Å². The number of nitrogens with zero attached hydrogens (tertiary/aromatic N) is 2. The van der Waals surface area contributed by atoms with Crippen LogP contribution in [0.5, 0.6) is 0 Å². The number of hydrogen-bond donors (Lipinski definition) is 2. The number of guanidine groups is 1. The fourth-order valence-corrected chi connectivity index (χ4v) is 3.82. The van der Waals surface area contributed by atoms with Gasteiger partial charge in [-0.05, 0) is 29.7 Å². The number of aliphatic imine (C=N–C) groups is 1. The summed E-state index contributed by atoms with van der Waals surface area (Å²) >= 11 is 0. The Hall–Kier alpha value is -2.67.